The maximum Gasteiger partial charge on any atom is 0.335 e. The zero-order valence-corrected chi connectivity index (χ0v) is 9.45. The number of carbonyl (C=O) groups is 1. The summed E-state index contributed by atoms with van der Waals surface area (Å²) in [7, 11) is 0. The molecule has 4 heteroatoms. The number of pyridine rings is 1. The summed E-state index contributed by atoms with van der Waals surface area (Å²) in [6, 6.07) is 12.7. The molecule has 0 aliphatic rings. The summed E-state index contributed by atoms with van der Waals surface area (Å²) in [4.78, 5) is 15.0. The Morgan fingerprint density at radius 2 is 1.89 bits per heavy atom. The van der Waals surface area contributed by atoms with Crippen molar-refractivity contribution >= 4 is 11.6 Å². The van der Waals surface area contributed by atoms with E-state index in [1.165, 1.54) is 0 Å². The molecule has 3 aromatic rings. The van der Waals surface area contributed by atoms with Crippen LogP contribution in [0.2, 0.25) is 0 Å². The molecule has 0 unspecified atom stereocenters. The molecular formula is C14H10N2O2. The van der Waals surface area contributed by atoms with Gasteiger partial charge in [0.05, 0.1) is 11.3 Å². The van der Waals surface area contributed by atoms with Gasteiger partial charge in [-0.3, -0.25) is 4.40 Å². The Morgan fingerprint density at radius 3 is 2.61 bits per heavy atom. The summed E-state index contributed by atoms with van der Waals surface area (Å²) in [6.07, 6.45) is 3.63. The van der Waals surface area contributed by atoms with Crippen LogP contribution in [-0.4, -0.2) is 20.5 Å². The summed E-state index contributed by atoms with van der Waals surface area (Å²) in [5, 5.41) is 8.87. The Morgan fingerprint density at radius 1 is 1.11 bits per heavy atom. The van der Waals surface area contributed by atoms with Crippen molar-refractivity contribution in [2.24, 2.45) is 0 Å². The monoisotopic (exact) mass is 238 g/mol. The minimum atomic E-state index is -0.914. The van der Waals surface area contributed by atoms with Gasteiger partial charge in [-0.1, -0.05) is 18.2 Å². The van der Waals surface area contributed by atoms with E-state index in [1.54, 1.807) is 30.5 Å². The molecule has 1 aromatic carbocycles. The summed E-state index contributed by atoms with van der Waals surface area (Å²) in [5.74, 6) is -0.914. The average Bonchev–Trinajstić information content (AvgIpc) is 2.87. The first kappa shape index (κ1) is 10.5. The summed E-state index contributed by atoms with van der Waals surface area (Å²) in [5.41, 5.74) is 3.11. The maximum atomic E-state index is 10.8. The number of hydrogen-bond acceptors (Lipinski definition) is 2. The van der Waals surface area contributed by atoms with E-state index in [4.69, 9.17) is 5.11 Å². The van der Waals surface area contributed by atoms with Crippen molar-refractivity contribution in [1.82, 2.24) is 9.38 Å². The van der Waals surface area contributed by atoms with Crippen molar-refractivity contribution in [3.63, 3.8) is 0 Å². The van der Waals surface area contributed by atoms with E-state index >= 15 is 0 Å². The zero-order chi connectivity index (χ0) is 12.5. The summed E-state index contributed by atoms with van der Waals surface area (Å²) >= 11 is 0. The van der Waals surface area contributed by atoms with Crippen molar-refractivity contribution < 1.29 is 9.90 Å². The van der Waals surface area contributed by atoms with E-state index in [9.17, 15) is 4.79 Å². The minimum Gasteiger partial charge on any atom is -0.478 e. The zero-order valence-electron chi connectivity index (χ0n) is 9.45. The van der Waals surface area contributed by atoms with Gasteiger partial charge in [-0.25, -0.2) is 9.78 Å². The van der Waals surface area contributed by atoms with Crippen LogP contribution in [-0.2, 0) is 0 Å². The molecule has 0 spiro atoms. The van der Waals surface area contributed by atoms with Crippen molar-refractivity contribution in [2.45, 2.75) is 0 Å². The molecule has 0 saturated heterocycles. The molecule has 0 aliphatic carbocycles. The van der Waals surface area contributed by atoms with Crippen LogP contribution in [0.4, 0.5) is 0 Å². The third-order valence-electron chi connectivity index (χ3n) is 2.86. The molecule has 88 valence electrons. The number of imidazole rings is 1. The van der Waals surface area contributed by atoms with Crippen molar-refractivity contribution in [2.75, 3.05) is 0 Å². The van der Waals surface area contributed by atoms with Crippen LogP contribution >= 0.6 is 0 Å². The Balaban J connectivity index is 2.14. The van der Waals surface area contributed by atoms with Gasteiger partial charge in [0, 0.05) is 12.4 Å². The van der Waals surface area contributed by atoms with Gasteiger partial charge in [0.1, 0.15) is 5.65 Å². The molecule has 18 heavy (non-hydrogen) atoms. The van der Waals surface area contributed by atoms with Gasteiger partial charge in [0.25, 0.3) is 0 Å². The number of benzene rings is 1. The molecular weight excluding hydrogens is 228 g/mol. The lowest BCUT2D eigenvalue weighted by molar-refractivity contribution is 0.0697. The molecule has 4 nitrogen and oxygen atoms in total. The molecule has 0 fully saturated rings. The molecule has 2 aromatic heterocycles. The third-order valence-corrected chi connectivity index (χ3v) is 2.86. The van der Waals surface area contributed by atoms with E-state index < -0.39 is 5.97 Å². The second kappa shape index (κ2) is 4.00. The average molecular weight is 238 g/mol. The van der Waals surface area contributed by atoms with Gasteiger partial charge in [-0.15, -0.1) is 0 Å². The molecule has 0 bridgehead atoms. The lowest BCUT2D eigenvalue weighted by Crippen LogP contribution is -1.96. The quantitative estimate of drug-likeness (QED) is 0.746. The largest absolute Gasteiger partial charge is 0.478 e. The number of hydrogen-bond donors (Lipinski definition) is 1. The maximum absolute atomic E-state index is 10.8. The van der Waals surface area contributed by atoms with Gasteiger partial charge in [-0.2, -0.15) is 0 Å². The first-order chi connectivity index (χ1) is 8.75. The van der Waals surface area contributed by atoms with E-state index in [2.05, 4.69) is 4.98 Å². The minimum absolute atomic E-state index is 0.288. The number of aromatic nitrogens is 2. The highest BCUT2D eigenvalue weighted by atomic mass is 16.4. The highest BCUT2D eigenvalue weighted by Gasteiger charge is 2.05. The first-order valence-electron chi connectivity index (χ1n) is 5.51. The Bertz CT molecular complexity index is 714. The molecule has 0 amide bonds. The van der Waals surface area contributed by atoms with Gasteiger partial charge in [0.15, 0.2) is 0 Å². The van der Waals surface area contributed by atoms with Gasteiger partial charge in [-0.05, 0) is 29.8 Å². The number of carboxylic acid groups (broad SMARTS) is 1. The van der Waals surface area contributed by atoms with E-state index in [-0.39, 0.29) is 5.56 Å². The number of aromatic carboxylic acids is 1. The number of nitrogens with zero attached hydrogens (tertiary/aromatic N) is 2. The Labute approximate surface area is 103 Å². The lowest BCUT2D eigenvalue weighted by Gasteiger charge is -2.05. The number of fused-ring (bicyclic) bond motifs is 1. The second-order valence-corrected chi connectivity index (χ2v) is 3.95. The molecule has 0 aliphatic heterocycles. The standard InChI is InChI=1S/C14H10N2O2/c17-14(18)11-6-4-10(5-7-11)12-2-1-3-13-15-8-9-16(12)13/h1-9H,(H,17,18). The predicted octanol–water partition coefficient (Wildman–Crippen LogP) is 2.70. The van der Waals surface area contributed by atoms with Crippen LogP contribution in [0, 0.1) is 0 Å². The fourth-order valence-electron chi connectivity index (χ4n) is 1.97. The van der Waals surface area contributed by atoms with Gasteiger partial charge in [0.2, 0.25) is 0 Å². The third kappa shape index (κ3) is 1.64. The molecule has 0 saturated carbocycles. The van der Waals surface area contributed by atoms with E-state index in [1.807, 2.05) is 28.8 Å². The van der Waals surface area contributed by atoms with Crippen molar-refractivity contribution in [3.8, 4) is 11.3 Å². The number of carboxylic acids is 1. The normalized spacial score (nSPS) is 10.7. The van der Waals surface area contributed by atoms with Crippen LogP contribution in [0.25, 0.3) is 16.9 Å². The smallest absolute Gasteiger partial charge is 0.335 e. The van der Waals surface area contributed by atoms with Crippen LogP contribution in [0.3, 0.4) is 0 Å². The molecule has 0 atom stereocenters. The first-order valence-corrected chi connectivity index (χ1v) is 5.51. The van der Waals surface area contributed by atoms with Crippen LogP contribution < -0.4 is 0 Å². The Kier molecular flexibility index (Phi) is 2.34. The molecule has 1 N–H and O–H groups in total. The fraction of sp³-hybridized carbons (Fsp3) is 0. The van der Waals surface area contributed by atoms with Crippen molar-refractivity contribution in [1.29, 1.82) is 0 Å². The molecule has 0 radical (unpaired) electrons. The summed E-state index contributed by atoms with van der Waals surface area (Å²) in [6.45, 7) is 0. The predicted molar refractivity (Wildman–Crippen MR) is 67.6 cm³/mol. The van der Waals surface area contributed by atoms with Crippen molar-refractivity contribution in [3.05, 3.63) is 60.4 Å². The molecule has 3 rings (SSSR count). The fourth-order valence-corrected chi connectivity index (χ4v) is 1.97. The SMILES string of the molecule is O=C(O)c1ccc(-c2cccc3nccn23)cc1. The Hall–Kier alpha value is -2.62. The van der Waals surface area contributed by atoms with Crippen LogP contribution in [0.5, 0.6) is 0 Å². The topological polar surface area (TPSA) is 54.6 Å². The van der Waals surface area contributed by atoms with Crippen LogP contribution in [0.15, 0.2) is 54.9 Å². The lowest BCUT2D eigenvalue weighted by atomic mass is 10.1. The van der Waals surface area contributed by atoms with E-state index in [0.29, 0.717) is 0 Å². The highest BCUT2D eigenvalue weighted by molar-refractivity contribution is 5.88. The summed E-state index contributed by atoms with van der Waals surface area (Å²) < 4.78 is 1.97. The molecule has 2 heterocycles. The van der Waals surface area contributed by atoms with Crippen LogP contribution in [0.1, 0.15) is 10.4 Å². The highest BCUT2D eigenvalue weighted by Crippen LogP contribution is 2.20. The van der Waals surface area contributed by atoms with Gasteiger partial charge >= 0.3 is 5.97 Å². The van der Waals surface area contributed by atoms with E-state index in [0.717, 1.165) is 16.9 Å². The van der Waals surface area contributed by atoms with Gasteiger partial charge < -0.3 is 5.11 Å². The second-order valence-electron chi connectivity index (χ2n) is 3.95. The number of rotatable bonds is 2.